The lowest BCUT2D eigenvalue weighted by atomic mass is 10.1. The molecule has 22 heavy (non-hydrogen) atoms. The van der Waals surface area contributed by atoms with Crippen LogP contribution in [0, 0.1) is 20.8 Å². The molecule has 0 aliphatic heterocycles. The number of aryl methyl sites for hydroxylation is 2. The molecule has 0 aliphatic rings. The molecule has 0 unspecified atom stereocenters. The molecule has 3 nitrogen and oxygen atoms in total. The van der Waals surface area contributed by atoms with Crippen molar-refractivity contribution in [3.05, 3.63) is 71.5 Å². The van der Waals surface area contributed by atoms with Gasteiger partial charge in [-0.1, -0.05) is 42.5 Å². The zero-order valence-electron chi connectivity index (χ0n) is 13.0. The molecule has 0 spiro atoms. The van der Waals surface area contributed by atoms with Gasteiger partial charge in [-0.05, 0) is 38.0 Å². The third kappa shape index (κ3) is 2.98. The van der Waals surface area contributed by atoms with E-state index in [0.717, 1.165) is 22.6 Å². The Bertz CT molecular complexity index is 798. The Morgan fingerprint density at radius 2 is 1.59 bits per heavy atom. The number of benzene rings is 2. The zero-order valence-corrected chi connectivity index (χ0v) is 13.0. The van der Waals surface area contributed by atoms with Crippen molar-refractivity contribution in [2.24, 2.45) is 0 Å². The maximum Gasteiger partial charge on any atom is 0.223 e. The van der Waals surface area contributed by atoms with E-state index in [4.69, 9.17) is 4.74 Å². The first-order valence-electron chi connectivity index (χ1n) is 7.28. The summed E-state index contributed by atoms with van der Waals surface area (Å²) in [5, 5.41) is 0. The second-order valence-electron chi connectivity index (χ2n) is 5.30. The first-order valence-corrected chi connectivity index (χ1v) is 7.28. The van der Waals surface area contributed by atoms with Crippen LogP contribution in [-0.4, -0.2) is 9.97 Å². The van der Waals surface area contributed by atoms with E-state index in [1.54, 1.807) is 0 Å². The Balaban J connectivity index is 1.98. The molecule has 3 heteroatoms. The van der Waals surface area contributed by atoms with Gasteiger partial charge in [-0.2, -0.15) is 4.98 Å². The normalized spacial score (nSPS) is 10.5. The van der Waals surface area contributed by atoms with E-state index in [-0.39, 0.29) is 0 Å². The molecule has 0 atom stereocenters. The van der Waals surface area contributed by atoms with Gasteiger partial charge in [0.15, 0.2) is 0 Å². The van der Waals surface area contributed by atoms with Crippen molar-refractivity contribution in [1.29, 1.82) is 0 Å². The van der Waals surface area contributed by atoms with Crippen LogP contribution in [0.4, 0.5) is 0 Å². The Morgan fingerprint density at radius 1 is 0.818 bits per heavy atom. The van der Waals surface area contributed by atoms with Gasteiger partial charge in [0.05, 0.1) is 5.69 Å². The summed E-state index contributed by atoms with van der Waals surface area (Å²) in [5.74, 6) is 2.10. The van der Waals surface area contributed by atoms with Crippen molar-refractivity contribution >= 4 is 0 Å². The Hall–Kier alpha value is -2.68. The van der Waals surface area contributed by atoms with Crippen LogP contribution in [0.25, 0.3) is 11.3 Å². The minimum atomic E-state index is 0.569. The maximum atomic E-state index is 5.98. The Kier molecular flexibility index (Phi) is 3.88. The van der Waals surface area contributed by atoms with Crippen molar-refractivity contribution in [2.45, 2.75) is 20.8 Å². The van der Waals surface area contributed by atoms with Gasteiger partial charge in [0, 0.05) is 11.6 Å². The summed E-state index contributed by atoms with van der Waals surface area (Å²) in [6, 6.07) is 18.0. The van der Waals surface area contributed by atoms with Crippen LogP contribution in [-0.2, 0) is 0 Å². The predicted octanol–water partition coefficient (Wildman–Crippen LogP) is 4.86. The van der Waals surface area contributed by atoms with E-state index in [1.165, 1.54) is 5.56 Å². The van der Waals surface area contributed by atoms with Crippen molar-refractivity contribution in [3.8, 4) is 22.9 Å². The van der Waals surface area contributed by atoms with Crippen LogP contribution >= 0.6 is 0 Å². The maximum absolute atomic E-state index is 5.98. The number of ether oxygens (including phenoxy) is 1. The summed E-state index contributed by atoms with van der Waals surface area (Å²) < 4.78 is 5.98. The van der Waals surface area contributed by atoms with Gasteiger partial charge in [-0.3, -0.25) is 0 Å². The largest absolute Gasteiger partial charge is 0.439 e. The Morgan fingerprint density at radius 3 is 2.36 bits per heavy atom. The molecule has 110 valence electrons. The van der Waals surface area contributed by atoms with E-state index in [9.17, 15) is 0 Å². The van der Waals surface area contributed by atoms with Crippen LogP contribution in [0.3, 0.4) is 0 Å². The monoisotopic (exact) mass is 290 g/mol. The highest BCUT2D eigenvalue weighted by molar-refractivity contribution is 5.60. The van der Waals surface area contributed by atoms with Gasteiger partial charge in [0.1, 0.15) is 11.6 Å². The smallest absolute Gasteiger partial charge is 0.223 e. The lowest BCUT2D eigenvalue weighted by Crippen LogP contribution is -1.97. The van der Waals surface area contributed by atoms with Crippen LogP contribution < -0.4 is 4.74 Å². The average Bonchev–Trinajstić information content (AvgIpc) is 2.52. The van der Waals surface area contributed by atoms with Gasteiger partial charge in [-0.25, -0.2) is 4.98 Å². The van der Waals surface area contributed by atoms with Gasteiger partial charge in [0.2, 0.25) is 5.88 Å². The molecule has 3 aromatic rings. The first kappa shape index (κ1) is 14.3. The number of rotatable bonds is 3. The van der Waals surface area contributed by atoms with Gasteiger partial charge in [0.25, 0.3) is 0 Å². The molecule has 0 saturated heterocycles. The minimum Gasteiger partial charge on any atom is -0.439 e. The molecule has 0 bridgehead atoms. The van der Waals surface area contributed by atoms with Crippen molar-refractivity contribution in [2.75, 3.05) is 0 Å². The fourth-order valence-corrected chi connectivity index (χ4v) is 2.30. The summed E-state index contributed by atoms with van der Waals surface area (Å²) >= 11 is 0. The Labute approximate surface area is 130 Å². The zero-order chi connectivity index (χ0) is 15.5. The number of nitrogens with zero attached hydrogens (tertiary/aromatic N) is 2. The minimum absolute atomic E-state index is 0.569. The topological polar surface area (TPSA) is 35.0 Å². The molecule has 0 fully saturated rings. The SMILES string of the molecule is Cc1nc(Oc2cccc(C)c2C)cc(-c2ccccc2)n1. The highest BCUT2D eigenvalue weighted by Gasteiger charge is 2.08. The van der Waals surface area contributed by atoms with E-state index < -0.39 is 0 Å². The van der Waals surface area contributed by atoms with Crippen molar-refractivity contribution < 1.29 is 4.74 Å². The molecule has 0 saturated carbocycles. The summed E-state index contributed by atoms with van der Waals surface area (Å²) in [6.45, 7) is 6.00. The average molecular weight is 290 g/mol. The molecular formula is C19H18N2O. The number of aromatic nitrogens is 2. The van der Waals surface area contributed by atoms with Gasteiger partial charge < -0.3 is 4.74 Å². The second-order valence-corrected chi connectivity index (χ2v) is 5.30. The highest BCUT2D eigenvalue weighted by atomic mass is 16.5. The van der Waals surface area contributed by atoms with Crippen LogP contribution in [0.5, 0.6) is 11.6 Å². The first-order chi connectivity index (χ1) is 10.6. The van der Waals surface area contributed by atoms with Crippen LogP contribution in [0.1, 0.15) is 17.0 Å². The molecule has 1 heterocycles. The summed E-state index contributed by atoms with van der Waals surface area (Å²) in [5.41, 5.74) is 4.25. The highest BCUT2D eigenvalue weighted by Crippen LogP contribution is 2.28. The van der Waals surface area contributed by atoms with Crippen molar-refractivity contribution in [3.63, 3.8) is 0 Å². The number of hydrogen-bond donors (Lipinski definition) is 0. The fraction of sp³-hybridized carbons (Fsp3) is 0.158. The van der Waals surface area contributed by atoms with E-state index in [1.807, 2.05) is 55.5 Å². The van der Waals surface area contributed by atoms with E-state index in [0.29, 0.717) is 11.7 Å². The third-order valence-corrected chi connectivity index (χ3v) is 3.65. The lowest BCUT2D eigenvalue weighted by Gasteiger charge is -2.11. The molecule has 1 aromatic heterocycles. The predicted molar refractivity (Wildman–Crippen MR) is 88.2 cm³/mol. The molecule has 0 amide bonds. The van der Waals surface area contributed by atoms with Crippen molar-refractivity contribution in [1.82, 2.24) is 9.97 Å². The van der Waals surface area contributed by atoms with Crippen LogP contribution in [0.15, 0.2) is 54.6 Å². The van der Waals surface area contributed by atoms with Gasteiger partial charge >= 0.3 is 0 Å². The quantitative estimate of drug-likeness (QED) is 0.691. The third-order valence-electron chi connectivity index (χ3n) is 3.65. The summed E-state index contributed by atoms with van der Waals surface area (Å²) in [7, 11) is 0. The molecule has 3 rings (SSSR count). The molecule has 0 radical (unpaired) electrons. The lowest BCUT2D eigenvalue weighted by molar-refractivity contribution is 0.456. The molecule has 0 N–H and O–H groups in total. The summed E-state index contributed by atoms with van der Waals surface area (Å²) in [6.07, 6.45) is 0. The van der Waals surface area contributed by atoms with E-state index in [2.05, 4.69) is 29.9 Å². The van der Waals surface area contributed by atoms with E-state index >= 15 is 0 Å². The van der Waals surface area contributed by atoms with Crippen LogP contribution in [0.2, 0.25) is 0 Å². The molecular weight excluding hydrogens is 272 g/mol. The number of hydrogen-bond acceptors (Lipinski definition) is 3. The standard InChI is InChI=1S/C19H18N2O/c1-13-8-7-11-18(14(13)2)22-19-12-17(20-15(3)21-19)16-9-5-4-6-10-16/h4-12H,1-3H3. The summed E-state index contributed by atoms with van der Waals surface area (Å²) in [4.78, 5) is 8.89. The molecule has 2 aromatic carbocycles. The van der Waals surface area contributed by atoms with Gasteiger partial charge in [-0.15, -0.1) is 0 Å². The molecule has 0 aliphatic carbocycles. The second kappa shape index (κ2) is 5.98. The fourth-order valence-electron chi connectivity index (χ4n) is 2.30.